The van der Waals surface area contributed by atoms with Gasteiger partial charge in [-0.25, -0.2) is 0 Å². The van der Waals surface area contributed by atoms with Crippen molar-refractivity contribution in [3.63, 3.8) is 0 Å². The Morgan fingerprint density at radius 3 is 2.22 bits per heavy atom. The third kappa shape index (κ3) is 2.22. The van der Waals surface area contributed by atoms with Crippen LogP contribution in [0.2, 0.25) is 0 Å². The van der Waals surface area contributed by atoms with E-state index in [1.54, 1.807) is 0 Å². The molecule has 0 aromatic heterocycles. The largest absolute Gasteiger partial charge is 0.328 e. The third-order valence-electron chi connectivity index (χ3n) is 5.86. The molecule has 18 heavy (non-hydrogen) atoms. The SMILES string of the molecule is CC1CC(C)(C)CCC1N1C2CCC1CC(N)C2. The van der Waals surface area contributed by atoms with Gasteiger partial charge >= 0.3 is 0 Å². The molecular weight excluding hydrogens is 220 g/mol. The molecule has 0 aromatic rings. The molecule has 104 valence electrons. The van der Waals surface area contributed by atoms with Gasteiger partial charge in [-0.3, -0.25) is 4.90 Å². The van der Waals surface area contributed by atoms with Crippen LogP contribution in [0.3, 0.4) is 0 Å². The lowest BCUT2D eigenvalue weighted by atomic mass is 9.69. The summed E-state index contributed by atoms with van der Waals surface area (Å²) in [5.41, 5.74) is 6.77. The number of fused-ring (bicyclic) bond motifs is 2. The molecule has 3 aliphatic rings. The number of hydrogen-bond donors (Lipinski definition) is 1. The van der Waals surface area contributed by atoms with Crippen molar-refractivity contribution in [2.45, 2.75) is 89.9 Å². The lowest BCUT2D eigenvalue weighted by Crippen LogP contribution is -2.55. The van der Waals surface area contributed by atoms with Crippen LogP contribution in [-0.4, -0.2) is 29.1 Å². The molecule has 0 radical (unpaired) electrons. The van der Waals surface area contributed by atoms with Crippen LogP contribution in [0.4, 0.5) is 0 Å². The van der Waals surface area contributed by atoms with Crippen LogP contribution in [0.1, 0.15) is 65.7 Å². The van der Waals surface area contributed by atoms with E-state index in [0.29, 0.717) is 11.5 Å². The maximum atomic E-state index is 6.20. The molecule has 4 atom stereocenters. The Kier molecular flexibility index (Phi) is 3.22. The Bertz CT molecular complexity index is 298. The Morgan fingerprint density at radius 1 is 1.06 bits per heavy atom. The molecule has 0 spiro atoms. The maximum Gasteiger partial charge on any atom is 0.0127 e. The summed E-state index contributed by atoms with van der Waals surface area (Å²) in [5, 5.41) is 0. The van der Waals surface area contributed by atoms with Gasteiger partial charge in [-0.15, -0.1) is 0 Å². The summed E-state index contributed by atoms with van der Waals surface area (Å²) in [6, 6.07) is 2.96. The fourth-order valence-electron chi connectivity index (χ4n) is 5.17. The lowest BCUT2D eigenvalue weighted by molar-refractivity contribution is 0.00430. The van der Waals surface area contributed by atoms with E-state index in [0.717, 1.165) is 24.0 Å². The van der Waals surface area contributed by atoms with Gasteiger partial charge in [0.15, 0.2) is 0 Å². The van der Waals surface area contributed by atoms with Crippen molar-refractivity contribution in [2.75, 3.05) is 0 Å². The van der Waals surface area contributed by atoms with Gasteiger partial charge in [0.2, 0.25) is 0 Å². The molecule has 2 N–H and O–H groups in total. The smallest absolute Gasteiger partial charge is 0.0127 e. The van der Waals surface area contributed by atoms with Crippen molar-refractivity contribution in [1.82, 2.24) is 4.90 Å². The van der Waals surface area contributed by atoms with Crippen LogP contribution in [0.5, 0.6) is 0 Å². The third-order valence-corrected chi connectivity index (χ3v) is 5.86. The summed E-state index contributed by atoms with van der Waals surface area (Å²) >= 11 is 0. The van der Waals surface area contributed by atoms with E-state index in [9.17, 15) is 0 Å². The van der Waals surface area contributed by atoms with Gasteiger partial charge in [0.05, 0.1) is 0 Å². The molecule has 1 aliphatic carbocycles. The van der Waals surface area contributed by atoms with E-state index < -0.39 is 0 Å². The second kappa shape index (κ2) is 4.49. The highest BCUT2D eigenvalue weighted by molar-refractivity contribution is 5.02. The van der Waals surface area contributed by atoms with Crippen LogP contribution < -0.4 is 5.73 Å². The van der Waals surface area contributed by atoms with Gasteiger partial charge in [0, 0.05) is 24.2 Å². The van der Waals surface area contributed by atoms with Gasteiger partial charge in [-0.1, -0.05) is 20.8 Å². The molecule has 2 heterocycles. The van der Waals surface area contributed by atoms with E-state index in [4.69, 9.17) is 5.73 Å². The van der Waals surface area contributed by atoms with Crippen LogP contribution in [0, 0.1) is 11.3 Å². The molecule has 2 saturated heterocycles. The van der Waals surface area contributed by atoms with Gasteiger partial charge < -0.3 is 5.73 Å². The van der Waals surface area contributed by atoms with E-state index in [2.05, 4.69) is 25.7 Å². The maximum absolute atomic E-state index is 6.20. The molecule has 2 aliphatic heterocycles. The average Bonchev–Trinajstić information content (AvgIpc) is 2.52. The zero-order valence-corrected chi connectivity index (χ0v) is 12.4. The van der Waals surface area contributed by atoms with Crippen molar-refractivity contribution in [2.24, 2.45) is 17.1 Å². The highest BCUT2D eigenvalue weighted by Gasteiger charge is 2.46. The fourth-order valence-corrected chi connectivity index (χ4v) is 5.17. The second-order valence-corrected chi connectivity index (χ2v) is 8.02. The monoisotopic (exact) mass is 250 g/mol. The van der Waals surface area contributed by atoms with E-state index >= 15 is 0 Å². The Labute approximate surface area is 112 Å². The van der Waals surface area contributed by atoms with Crippen molar-refractivity contribution in [1.29, 1.82) is 0 Å². The minimum Gasteiger partial charge on any atom is -0.328 e. The number of rotatable bonds is 1. The summed E-state index contributed by atoms with van der Waals surface area (Å²) in [7, 11) is 0. The number of piperidine rings is 1. The van der Waals surface area contributed by atoms with E-state index in [1.165, 1.54) is 44.9 Å². The molecule has 4 unspecified atom stereocenters. The van der Waals surface area contributed by atoms with Crippen LogP contribution in [0.15, 0.2) is 0 Å². The zero-order chi connectivity index (χ0) is 12.9. The first-order valence-corrected chi connectivity index (χ1v) is 7.99. The van der Waals surface area contributed by atoms with Gasteiger partial charge in [-0.05, 0) is 56.3 Å². The summed E-state index contributed by atoms with van der Waals surface area (Å²) in [6.07, 6.45) is 9.54. The average molecular weight is 250 g/mol. The lowest BCUT2D eigenvalue weighted by Gasteiger charge is -2.49. The molecule has 2 bridgehead atoms. The van der Waals surface area contributed by atoms with Gasteiger partial charge in [-0.2, -0.15) is 0 Å². The Balaban J connectivity index is 1.72. The highest BCUT2D eigenvalue weighted by atomic mass is 15.3. The molecule has 2 heteroatoms. The number of nitrogens with two attached hydrogens (primary N) is 1. The first-order valence-electron chi connectivity index (χ1n) is 7.99. The summed E-state index contributed by atoms with van der Waals surface area (Å²) < 4.78 is 0. The van der Waals surface area contributed by atoms with Crippen LogP contribution in [-0.2, 0) is 0 Å². The van der Waals surface area contributed by atoms with E-state index in [1.807, 2.05) is 0 Å². The molecule has 3 fully saturated rings. The van der Waals surface area contributed by atoms with Crippen molar-refractivity contribution in [3.05, 3.63) is 0 Å². The minimum absolute atomic E-state index is 0.481. The first kappa shape index (κ1) is 12.9. The number of nitrogens with zero attached hydrogens (tertiary/aromatic N) is 1. The van der Waals surface area contributed by atoms with Gasteiger partial charge in [0.25, 0.3) is 0 Å². The topological polar surface area (TPSA) is 29.3 Å². The van der Waals surface area contributed by atoms with Crippen LogP contribution >= 0.6 is 0 Å². The first-order chi connectivity index (χ1) is 8.46. The number of hydrogen-bond acceptors (Lipinski definition) is 2. The molecule has 0 aromatic carbocycles. The standard InChI is InChI=1S/C16H30N2/c1-11-10-16(2,3)7-6-15(11)18-13-4-5-14(18)9-12(17)8-13/h11-15H,4-10,17H2,1-3H3. The van der Waals surface area contributed by atoms with Crippen LogP contribution in [0.25, 0.3) is 0 Å². The molecule has 0 amide bonds. The minimum atomic E-state index is 0.481. The summed E-state index contributed by atoms with van der Waals surface area (Å²) in [4.78, 5) is 2.91. The Morgan fingerprint density at radius 2 is 1.67 bits per heavy atom. The second-order valence-electron chi connectivity index (χ2n) is 8.02. The summed E-state index contributed by atoms with van der Waals surface area (Å²) in [5.74, 6) is 0.867. The normalized spacial score (nSPS) is 48.3. The van der Waals surface area contributed by atoms with Crippen molar-refractivity contribution >= 4 is 0 Å². The predicted octanol–water partition coefficient (Wildman–Crippen LogP) is 3.16. The zero-order valence-electron chi connectivity index (χ0n) is 12.4. The molecule has 1 saturated carbocycles. The summed E-state index contributed by atoms with van der Waals surface area (Å²) in [6.45, 7) is 7.38. The van der Waals surface area contributed by atoms with E-state index in [-0.39, 0.29) is 0 Å². The molecular formula is C16H30N2. The van der Waals surface area contributed by atoms with Gasteiger partial charge in [0.1, 0.15) is 0 Å². The predicted molar refractivity (Wildman–Crippen MR) is 76.4 cm³/mol. The molecule has 2 nitrogen and oxygen atoms in total. The molecule has 3 rings (SSSR count). The quantitative estimate of drug-likeness (QED) is 0.774. The van der Waals surface area contributed by atoms with Crippen molar-refractivity contribution in [3.8, 4) is 0 Å². The Hall–Kier alpha value is -0.0800. The highest BCUT2D eigenvalue weighted by Crippen LogP contribution is 2.45. The van der Waals surface area contributed by atoms with Crippen molar-refractivity contribution < 1.29 is 0 Å². The fraction of sp³-hybridized carbons (Fsp3) is 1.00.